The number of sulfonamides is 1. The van der Waals surface area contributed by atoms with Gasteiger partial charge >= 0.3 is 0 Å². The SMILES string of the molecule is NS(=O)(=O)c1ccc(NCC23CC4CC(CC(C4)C2)C3)nc1. The minimum absolute atomic E-state index is 0.0628. The summed E-state index contributed by atoms with van der Waals surface area (Å²) in [4.78, 5) is 4.25. The van der Waals surface area contributed by atoms with Crippen LogP contribution in [0.15, 0.2) is 23.2 Å². The molecule has 120 valence electrons. The standard InChI is InChI=1S/C16H23N3O2S/c17-22(20,21)14-1-2-15(18-9-14)19-10-16-6-11-3-12(7-16)5-13(4-11)8-16/h1-2,9,11-13H,3-8,10H2,(H,18,19)(H2,17,20,21). The molecule has 0 aromatic carbocycles. The topological polar surface area (TPSA) is 85.1 Å². The Morgan fingerprint density at radius 1 is 1.14 bits per heavy atom. The lowest BCUT2D eigenvalue weighted by atomic mass is 9.49. The summed E-state index contributed by atoms with van der Waals surface area (Å²) in [5, 5.41) is 8.53. The minimum atomic E-state index is -3.66. The first kappa shape index (κ1) is 14.5. The Kier molecular flexibility index (Phi) is 3.24. The second-order valence-electron chi connectivity index (χ2n) is 7.70. The maximum absolute atomic E-state index is 11.2. The highest BCUT2D eigenvalue weighted by Crippen LogP contribution is 2.59. The summed E-state index contributed by atoms with van der Waals surface area (Å²) in [6, 6.07) is 3.23. The highest BCUT2D eigenvalue weighted by molar-refractivity contribution is 7.89. The molecule has 1 aromatic rings. The van der Waals surface area contributed by atoms with Gasteiger partial charge in [0.1, 0.15) is 10.7 Å². The molecule has 5 nitrogen and oxygen atoms in total. The Hall–Kier alpha value is -1.14. The van der Waals surface area contributed by atoms with Crippen molar-refractivity contribution in [3.05, 3.63) is 18.3 Å². The van der Waals surface area contributed by atoms with E-state index in [1.54, 1.807) is 6.07 Å². The third-order valence-corrected chi connectivity index (χ3v) is 6.77. The van der Waals surface area contributed by atoms with Crippen molar-refractivity contribution < 1.29 is 8.42 Å². The Morgan fingerprint density at radius 2 is 1.73 bits per heavy atom. The number of pyridine rings is 1. The molecule has 4 aliphatic rings. The fraction of sp³-hybridized carbons (Fsp3) is 0.688. The van der Waals surface area contributed by atoms with Gasteiger partial charge in [0.05, 0.1) is 0 Å². The number of hydrogen-bond donors (Lipinski definition) is 2. The number of anilines is 1. The van der Waals surface area contributed by atoms with Crippen molar-refractivity contribution >= 4 is 15.8 Å². The summed E-state index contributed by atoms with van der Waals surface area (Å²) in [6.45, 7) is 0.957. The number of aromatic nitrogens is 1. The summed E-state index contributed by atoms with van der Waals surface area (Å²) in [7, 11) is -3.66. The monoisotopic (exact) mass is 321 g/mol. The van der Waals surface area contributed by atoms with Gasteiger partial charge in [0, 0.05) is 12.7 Å². The van der Waals surface area contributed by atoms with Crippen molar-refractivity contribution in [3.8, 4) is 0 Å². The quantitative estimate of drug-likeness (QED) is 0.891. The predicted octanol–water partition coefficient (Wildman–Crippen LogP) is 2.36. The fourth-order valence-electron chi connectivity index (χ4n) is 5.44. The Labute approximate surface area is 131 Å². The molecule has 0 unspecified atom stereocenters. The second kappa shape index (κ2) is 4.93. The van der Waals surface area contributed by atoms with Gasteiger partial charge in [0.15, 0.2) is 0 Å². The summed E-state index contributed by atoms with van der Waals surface area (Å²) in [5.41, 5.74) is 0.440. The molecule has 0 atom stereocenters. The van der Waals surface area contributed by atoms with E-state index in [0.717, 1.165) is 30.1 Å². The average Bonchev–Trinajstić information content (AvgIpc) is 2.43. The summed E-state index contributed by atoms with van der Waals surface area (Å²) in [5.74, 6) is 3.55. The molecule has 0 amide bonds. The van der Waals surface area contributed by atoms with Gasteiger partial charge < -0.3 is 5.32 Å². The highest BCUT2D eigenvalue weighted by Gasteiger charge is 2.50. The van der Waals surface area contributed by atoms with Crippen molar-refractivity contribution in [2.45, 2.75) is 43.4 Å². The molecule has 0 saturated heterocycles. The predicted molar refractivity (Wildman–Crippen MR) is 84.7 cm³/mol. The zero-order chi connectivity index (χ0) is 15.4. The van der Waals surface area contributed by atoms with Crippen LogP contribution >= 0.6 is 0 Å². The Bertz CT molecular complexity index is 634. The number of rotatable bonds is 4. The van der Waals surface area contributed by atoms with Crippen molar-refractivity contribution in [2.24, 2.45) is 28.3 Å². The third kappa shape index (κ3) is 2.63. The van der Waals surface area contributed by atoms with Crippen LogP contribution in [-0.4, -0.2) is 19.9 Å². The Morgan fingerprint density at radius 3 is 2.18 bits per heavy atom. The van der Waals surface area contributed by atoms with Gasteiger partial charge in [0.2, 0.25) is 10.0 Å². The van der Waals surface area contributed by atoms with E-state index in [2.05, 4.69) is 10.3 Å². The molecule has 3 N–H and O–H groups in total. The molecule has 4 fully saturated rings. The third-order valence-electron chi connectivity index (χ3n) is 5.87. The van der Waals surface area contributed by atoms with Gasteiger partial charge in [-0.15, -0.1) is 0 Å². The summed E-state index contributed by atoms with van der Waals surface area (Å²) >= 11 is 0. The van der Waals surface area contributed by atoms with Crippen molar-refractivity contribution in [1.82, 2.24) is 4.98 Å². The highest BCUT2D eigenvalue weighted by atomic mass is 32.2. The molecule has 6 heteroatoms. The van der Waals surface area contributed by atoms with Gasteiger partial charge in [-0.3, -0.25) is 0 Å². The first-order valence-corrected chi connectivity index (χ1v) is 9.69. The lowest BCUT2D eigenvalue weighted by Crippen LogP contribution is -2.49. The van der Waals surface area contributed by atoms with Crippen LogP contribution in [0.2, 0.25) is 0 Å². The fourth-order valence-corrected chi connectivity index (χ4v) is 5.90. The molecule has 0 spiro atoms. The zero-order valence-electron chi connectivity index (χ0n) is 12.7. The molecule has 1 aromatic heterocycles. The molecule has 4 aliphatic carbocycles. The normalized spacial score (nSPS) is 36.5. The van der Waals surface area contributed by atoms with E-state index in [1.807, 2.05) is 0 Å². The maximum Gasteiger partial charge on any atom is 0.239 e. The minimum Gasteiger partial charge on any atom is -0.370 e. The lowest BCUT2D eigenvalue weighted by molar-refractivity contribution is -0.0444. The number of nitrogens with one attached hydrogen (secondary N) is 1. The molecule has 4 saturated carbocycles. The van der Waals surface area contributed by atoms with Gasteiger partial charge in [-0.2, -0.15) is 0 Å². The molecular weight excluding hydrogens is 298 g/mol. The number of nitrogens with two attached hydrogens (primary N) is 1. The molecule has 0 radical (unpaired) electrons. The van der Waals surface area contributed by atoms with Crippen molar-refractivity contribution in [3.63, 3.8) is 0 Å². The molecule has 4 bridgehead atoms. The van der Waals surface area contributed by atoms with Crippen LogP contribution in [0.3, 0.4) is 0 Å². The van der Waals surface area contributed by atoms with Crippen LogP contribution in [-0.2, 0) is 10.0 Å². The molecule has 22 heavy (non-hydrogen) atoms. The van der Waals surface area contributed by atoms with E-state index in [-0.39, 0.29) is 4.90 Å². The molecular formula is C16H23N3O2S. The van der Waals surface area contributed by atoms with Crippen molar-refractivity contribution in [2.75, 3.05) is 11.9 Å². The summed E-state index contributed by atoms with van der Waals surface area (Å²) in [6.07, 6.45) is 9.71. The van der Waals surface area contributed by atoms with Crippen LogP contribution < -0.4 is 10.5 Å². The van der Waals surface area contributed by atoms with Crippen LogP contribution in [0.1, 0.15) is 38.5 Å². The number of primary sulfonamides is 1. The Balaban J connectivity index is 1.44. The van der Waals surface area contributed by atoms with E-state index in [0.29, 0.717) is 5.41 Å². The average molecular weight is 321 g/mol. The number of nitrogens with zero attached hydrogens (tertiary/aromatic N) is 1. The van der Waals surface area contributed by atoms with E-state index >= 15 is 0 Å². The zero-order valence-corrected chi connectivity index (χ0v) is 13.5. The van der Waals surface area contributed by atoms with Crippen LogP contribution in [0.5, 0.6) is 0 Å². The molecule has 1 heterocycles. The maximum atomic E-state index is 11.2. The van der Waals surface area contributed by atoms with E-state index in [9.17, 15) is 8.42 Å². The van der Waals surface area contributed by atoms with E-state index in [1.165, 1.54) is 50.8 Å². The van der Waals surface area contributed by atoms with Crippen LogP contribution in [0.25, 0.3) is 0 Å². The van der Waals surface area contributed by atoms with Gasteiger partial charge in [-0.1, -0.05) is 0 Å². The van der Waals surface area contributed by atoms with Gasteiger partial charge in [-0.05, 0) is 73.8 Å². The summed E-state index contributed by atoms with van der Waals surface area (Å²) < 4.78 is 22.5. The first-order valence-electron chi connectivity index (χ1n) is 8.15. The largest absolute Gasteiger partial charge is 0.370 e. The molecule has 5 rings (SSSR count). The second-order valence-corrected chi connectivity index (χ2v) is 9.26. The molecule has 0 aliphatic heterocycles. The van der Waals surface area contributed by atoms with Gasteiger partial charge in [-0.25, -0.2) is 18.5 Å². The van der Waals surface area contributed by atoms with Crippen LogP contribution in [0, 0.1) is 23.2 Å². The van der Waals surface area contributed by atoms with Crippen LogP contribution in [0.4, 0.5) is 5.82 Å². The van der Waals surface area contributed by atoms with E-state index in [4.69, 9.17) is 5.14 Å². The lowest BCUT2D eigenvalue weighted by Gasteiger charge is -2.57. The first-order chi connectivity index (χ1) is 10.4. The number of hydrogen-bond acceptors (Lipinski definition) is 4. The van der Waals surface area contributed by atoms with Crippen molar-refractivity contribution in [1.29, 1.82) is 0 Å². The smallest absolute Gasteiger partial charge is 0.239 e. The van der Waals surface area contributed by atoms with Gasteiger partial charge in [0.25, 0.3) is 0 Å². The van der Waals surface area contributed by atoms with E-state index < -0.39 is 10.0 Å².